The van der Waals surface area contributed by atoms with Gasteiger partial charge in [0.2, 0.25) is 0 Å². The Bertz CT molecular complexity index is 395. The molecule has 1 atom stereocenters. The van der Waals surface area contributed by atoms with Gasteiger partial charge in [-0.1, -0.05) is 13.8 Å². The third kappa shape index (κ3) is 4.97. The van der Waals surface area contributed by atoms with Crippen molar-refractivity contribution in [2.45, 2.75) is 42.6 Å². The highest BCUT2D eigenvalue weighted by Crippen LogP contribution is 2.29. The van der Waals surface area contributed by atoms with Crippen LogP contribution in [0.15, 0.2) is 34.1 Å². The second-order valence-corrected chi connectivity index (χ2v) is 7.29. The van der Waals surface area contributed by atoms with Crippen LogP contribution < -0.4 is 0 Å². The van der Waals surface area contributed by atoms with Gasteiger partial charge in [-0.3, -0.25) is 0 Å². The van der Waals surface area contributed by atoms with Crippen LogP contribution in [0.1, 0.15) is 26.7 Å². The number of aliphatic hydroxyl groups is 1. The topological polar surface area (TPSA) is 26.7 Å². The highest BCUT2D eigenvalue weighted by Gasteiger charge is 2.18. The highest BCUT2D eigenvalue weighted by atomic mass is 32.2. The molecule has 3 nitrogen and oxygen atoms in total. The third-order valence-corrected chi connectivity index (χ3v) is 5.69. The minimum Gasteiger partial charge on any atom is -0.392 e. The van der Waals surface area contributed by atoms with E-state index in [1.54, 1.807) is 11.9 Å². The van der Waals surface area contributed by atoms with Crippen LogP contribution in [-0.2, 0) is 0 Å². The van der Waals surface area contributed by atoms with Gasteiger partial charge in [-0.05, 0) is 61.0 Å². The first-order valence-electron chi connectivity index (χ1n) is 7.35. The Morgan fingerprint density at radius 3 is 2.45 bits per heavy atom. The minimum atomic E-state index is -0.159. The van der Waals surface area contributed by atoms with E-state index in [1.807, 2.05) is 11.9 Å². The lowest BCUT2D eigenvalue weighted by Crippen LogP contribution is -2.33. The first-order chi connectivity index (χ1) is 9.71. The molecular weight excluding hydrogens is 288 g/mol. The number of rotatable bonds is 6. The van der Waals surface area contributed by atoms with Crippen LogP contribution in [0.5, 0.6) is 0 Å². The molecule has 0 saturated carbocycles. The van der Waals surface area contributed by atoms with Gasteiger partial charge in [-0.25, -0.2) is 8.61 Å². The number of benzene rings is 1. The van der Waals surface area contributed by atoms with Gasteiger partial charge in [0.05, 0.1) is 6.10 Å². The maximum absolute atomic E-state index is 9.69. The quantitative estimate of drug-likeness (QED) is 0.811. The van der Waals surface area contributed by atoms with Crippen LogP contribution in [0.25, 0.3) is 0 Å². The van der Waals surface area contributed by atoms with Crippen LogP contribution in [0, 0.1) is 0 Å². The van der Waals surface area contributed by atoms with E-state index in [0.29, 0.717) is 0 Å². The van der Waals surface area contributed by atoms with E-state index in [2.05, 4.69) is 46.7 Å². The Kier molecular flexibility index (Phi) is 6.71. The van der Waals surface area contributed by atoms with Gasteiger partial charge in [-0.2, -0.15) is 0 Å². The largest absolute Gasteiger partial charge is 0.392 e. The molecule has 1 saturated heterocycles. The summed E-state index contributed by atoms with van der Waals surface area (Å²) in [6.07, 6.45) is 1.87. The first kappa shape index (κ1) is 16.2. The summed E-state index contributed by atoms with van der Waals surface area (Å²) in [7, 11) is 0. The molecule has 20 heavy (non-hydrogen) atoms. The number of hydrogen-bond acceptors (Lipinski definition) is 5. The minimum absolute atomic E-state index is 0.159. The molecule has 0 aliphatic carbocycles. The van der Waals surface area contributed by atoms with E-state index >= 15 is 0 Å². The van der Waals surface area contributed by atoms with Crippen LogP contribution in [-0.4, -0.2) is 46.0 Å². The second kappa shape index (κ2) is 8.29. The summed E-state index contributed by atoms with van der Waals surface area (Å²) in [5, 5.41) is 9.69. The number of nitrogens with zero attached hydrogens (tertiary/aromatic N) is 2. The Morgan fingerprint density at radius 2 is 1.85 bits per heavy atom. The van der Waals surface area contributed by atoms with E-state index in [4.69, 9.17) is 0 Å². The first-order valence-corrected chi connectivity index (χ1v) is 8.90. The molecule has 1 heterocycles. The average molecular weight is 313 g/mol. The Labute approximate surface area is 131 Å². The molecule has 0 radical (unpaired) electrons. The van der Waals surface area contributed by atoms with Crippen molar-refractivity contribution in [1.82, 2.24) is 8.61 Å². The standard InChI is InChI=1S/C15H24N2OS2/c1-3-16(4-2)19-14-7-9-15(10-8-14)20-17-11-5-6-13(18)12-17/h7-10,13,18H,3-6,11-12H2,1-2H3. The average Bonchev–Trinajstić information content (AvgIpc) is 2.46. The maximum Gasteiger partial charge on any atom is 0.0677 e. The predicted octanol–water partition coefficient (Wildman–Crippen LogP) is 3.50. The molecule has 1 aliphatic heterocycles. The van der Waals surface area contributed by atoms with E-state index in [-0.39, 0.29) is 6.10 Å². The fraction of sp³-hybridized carbons (Fsp3) is 0.600. The van der Waals surface area contributed by atoms with E-state index in [1.165, 1.54) is 9.79 Å². The normalized spacial score (nSPS) is 20.5. The van der Waals surface area contributed by atoms with Crippen molar-refractivity contribution < 1.29 is 5.11 Å². The van der Waals surface area contributed by atoms with Crippen molar-refractivity contribution in [1.29, 1.82) is 0 Å². The molecular formula is C15H24N2OS2. The number of piperidine rings is 1. The molecule has 5 heteroatoms. The van der Waals surface area contributed by atoms with E-state index in [9.17, 15) is 5.11 Å². The summed E-state index contributed by atoms with van der Waals surface area (Å²) in [5.41, 5.74) is 0. The molecule has 0 bridgehead atoms. The van der Waals surface area contributed by atoms with Crippen LogP contribution in [0.4, 0.5) is 0 Å². The summed E-state index contributed by atoms with van der Waals surface area (Å²) in [4.78, 5) is 2.54. The van der Waals surface area contributed by atoms with Gasteiger partial charge in [0.1, 0.15) is 0 Å². The van der Waals surface area contributed by atoms with Crippen LogP contribution in [0.2, 0.25) is 0 Å². The van der Waals surface area contributed by atoms with Gasteiger partial charge in [-0.15, -0.1) is 0 Å². The summed E-state index contributed by atoms with van der Waals surface area (Å²) < 4.78 is 4.60. The van der Waals surface area contributed by atoms with Gasteiger partial charge >= 0.3 is 0 Å². The van der Waals surface area contributed by atoms with Gasteiger partial charge in [0.25, 0.3) is 0 Å². The van der Waals surface area contributed by atoms with Gasteiger partial charge in [0.15, 0.2) is 0 Å². The smallest absolute Gasteiger partial charge is 0.0677 e. The van der Waals surface area contributed by atoms with Crippen molar-refractivity contribution in [2.24, 2.45) is 0 Å². The van der Waals surface area contributed by atoms with Crippen molar-refractivity contribution in [3.63, 3.8) is 0 Å². The van der Waals surface area contributed by atoms with Crippen molar-refractivity contribution in [3.05, 3.63) is 24.3 Å². The van der Waals surface area contributed by atoms with Crippen molar-refractivity contribution in [2.75, 3.05) is 26.2 Å². The second-order valence-electron chi connectivity index (χ2n) is 4.95. The van der Waals surface area contributed by atoms with Crippen LogP contribution >= 0.6 is 23.9 Å². The SMILES string of the molecule is CCN(CC)Sc1ccc(SN2CCCC(O)C2)cc1. The molecule has 1 unspecified atom stereocenters. The Hall–Kier alpha value is -0.200. The van der Waals surface area contributed by atoms with E-state index < -0.39 is 0 Å². The fourth-order valence-corrected chi connectivity index (χ4v) is 4.05. The van der Waals surface area contributed by atoms with E-state index in [0.717, 1.165) is 39.0 Å². The van der Waals surface area contributed by atoms with Crippen molar-refractivity contribution in [3.8, 4) is 0 Å². The molecule has 112 valence electrons. The van der Waals surface area contributed by atoms with Crippen molar-refractivity contribution >= 4 is 23.9 Å². The summed E-state index contributed by atoms with van der Waals surface area (Å²) in [6, 6.07) is 8.73. The molecule has 1 aromatic rings. The monoisotopic (exact) mass is 312 g/mol. The fourth-order valence-electron chi connectivity index (χ4n) is 2.22. The number of hydrogen-bond donors (Lipinski definition) is 1. The Morgan fingerprint density at radius 1 is 1.20 bits per heavy atom. The third-order valence-electron chi connectivity index (χ3n) is 3.36. The molecule has 0 amide bonds. The molecule has 1 N–H and O–H groups in total. The molecule has 1 fully saturated rings. The molecule has 0 aromatic heterocycles. The lowest BCUT2D eigenvalue weighted by atomic mass is 10.1. The highest BCUT2D eigenvalue weighted by molar-refractivity contribution is 7.97. The number of β-amino-alcohol motifs (C(OH)–C–C–N with tert-alkyl or cyclic N) is 1. The maximum atomic E-state index is 9.69. The zero-order chi connectivity index (χ0) is 14.4. The summed E-state index contributed by atoms with van der Waals surface area (Å²) >= 11 is 3.57. The molecule has 2 rings (SSSR count). The molecule has 1 aromatic carbocycles. The lowest BCUT2D eigenvalue weighted by Gasteiger charge is -2.28. The molecule has 0 spiro atoms. The number of aliphatic hydroxyl groups excluding tert-OH is 1. The van der Waals surface area contributed by atoms with Gasteiger partial charge in [0, 0.05) is 36.0 Å². The lowest BCUT2D eigenvalue weighted by molar-refractivity contribution is 0.112. The van der Waals surface area contributed by atoms with Crippen LogP contribution in [0.3, 0.4) is 0 Å². The zero-order valence-electron chi connectivity index (χ0n) is 12.3. The Balaban J connectivity index is 1.87. The molecule has 1 aliphatic rings. The zero-order valence-corrected chi connectivity index (χ0v) is 13.9. The van der Waals surface area contributed by atoms with Gasteiger partial charge < -0.3 is 5.11 Å². The summed E-state index contributed by atoms with van der Waals surface area (Å²) in [6.45, 7) is 8.33. The summed E-state index contributed by atoms with van der Waals surface area (Å²) in [5.74, 6) is 0. The predicted molar refractivity (Wildman–Crippen MR) is 87.9 cm³/mol.